The van der Waals surface area contributed by atoms with Gasteiger partial charge in [-0.3, -0.25) is 0 Å². The summed E-state index contributed by atoms with van der Waals surface area (Å²) in [6.07, 6.45) is 0. The van der Waals surface area contributed by atoms with Crippen molar-refractivity contribution in [2.75, 3.05) is 6.61 Å². The Labute approximate surface area is 84.5 Å². The number of carbonyl (C=O) groups is 1. The lowest BCUT2D eigenvalue weighted by Gasteiger charge is -1.99. The molecule has 0 atom stereocenters. The summed E-state index contributed by atoms with van der Waals surface area (Å²) in [7, 11) is 0. The van der Waals surface area contributed by atoms with E-state index in [4.69, 9.17) is 0 Å². The van der Waals surface area contributed by atoms with Crippen molar-refractivity contribution in [3.05, 3.63) is 27.9 Å². The van der Waals surface area contributed by atoms with Crippen LogP contribution < -0.4 is 0 Å². The monoisotopic (exact) mass is 212 g/mol. The molecule has 0 radical (unpaired) electrons. The predicted molar refractivity (Wildman–Crippen MR) is 48.5 cm³/mol. The molecule has 1 N–H and O–H groups in total. The van der Waals surface area contributed by atoms with Gasteiger partial charge in [-0.05, 0) is 22.9 Å². The first kappa shape index (κ1) is 10.9. The van der Waals surface area contributed by atoms with E-state index in [1.807, 2.05) is 0 Å². The molecule has 80 valence electrons. The molecular weight excluding hydrogens is 204 g/mol. The third kappa shape index (κ3) is 2.39. The molecule has 0 saturated carbocycles. The van der Waals surface area contributed by atoms with Crippen LogP contribution in [0, 0.1) is 10.1 Å². The zero-order valence-corrected chi connectivity index (χ0v) is 7.84. The van der Waals surface area contributed by atoms with Crippen molar-refractivity contribution in [1.82, 2.24) is 4.98 Å². The zero-order chi connectivity index (χ0) is 11.4. The van der Waals surface area contributed by atoms with E-state index in [-0.39, 0.29) is 6.61 Å². The highest BCUT2D eigenvalue weighted by molar-refractivity contribution is 5.90. The number of hydrogen-bond acceptors (Lipinski definition) is 6. The minimum Gasteiger partial charge on any atom is -0.504 e. The largest absolute Gasteiger partial charge is 0.504 e. The average Bonchev–Trinajstić information content (AvgIpc) is 2.18. The topological polar surface area (TPSA) is 103 Å². The smallest absolute Gasteiger partial charge is 0.387 e. The van der Waals surface area contributed by atoms with Gasteiger partial charge < -0.3 is 20.0 Å². The highest BCUT2D eigenvalue weighted by atomic mass is 16.6. The molecule has 1 aromatic heterocycles. The van der Waals surface area contributed by atoms with E-state index in [9.17, 15) is 20.0 Å². The van der Waals surface area contributed by atoms with Crippen LogP contribution in [0.1, 0.15) is 17.4 Å². The maximum atomic E-state index is 11.2. The van der Waals surface area contributed by atoms with Crippen LogP contribution in [-0.2, 0) is 4.74 Å². The van der Waals surface area contributed by atoms with Gasteiger partial charge in [0, 0.05) is 6.07 Å². The maximum absolute atomic E-state index is 11.2. The van der Waals surface area contributed by atoms with Crippen LogP contribution in [-0.4, -0.2) is 27.6 Å². The Kier molecular flexibility index (Phi) is 3.17. The second-order valence-electron chi connectivity index (χ2n) is 2.51. The van der Waals surface area contributed by atoms with E-state index in [0.29, 0.717) is 0 Å². The van der Waals surface area contributed by atoms with Crippen molar-refractivity contribution < 1.29 is 19.6 Å². The fraction of sp³-hybridized carbons (Fsp3) is 0.250. The van der Waals surface area contributed by atoms with Crippen LogP contribution in [0.3, 0.4) is 0 Å². The molecule has 0 aromatic carbocycles. The molecule has 0 saturated heterocycles. The van der Waals surface area contributed by atoms with Crippen molar-refractivity contribution >= 4 is 11.8 Å². The van der Waals surface area contributed by atoms with Crippen molar-refractivity contribution in [3.8, 4) is 5.75 Å². The van der Waals surface area contributed by atoms with Crippen molar-refractivity contribution in [3.63, 3.8) is 0 Å². The number of pyridine rings is 1. The number of nitrogens with zero attached hydrogens (tertiary/aromatic N) is 2. The Morgan fingerprint density at radius 1 is 1.67 bits per heavy atom. The molecule has 0 fully saturated rings. The second kappa shape index (κ2) is 4.36. The van der Waals surface area contributed by atoms with Crippen LogP contribution >= 0.6 is 0 Å². The summed E-state index contributed by atoms with van der Waals surface area (Å²) in [4.78, 5) is 24.1. The van der Waals surface area contributed by atoms with E-state index in [1.54, 1.807) is 6.92 Å². The summed E-state index contributed by atoms with van der Waals surface area (Å²) in [5, 5.41) is 19.6. The maximum Gasteiger partial charge on any atom is 0.387 e. The second-order valence-corrected chi connectivity index (χ2v) is 2.51. The molecule has 0 aliphatic heterocycles. The van der Waals surface area contributed by atoms with E-state index in [1.165, 1.54) is 0 Å². The van der Waals surface area contributed by atoms with Crippen molar-refractivity contribution in [2.45, 2.75) is 6.92 Å². The molecule has 7 nitrogen and oxygen atoms in total. The lowest BCUT2D eigenvalue weighted by atomic mass is 10.3. The number of hydrogen-bond donors (Lipinski definition) is 1. The summed E-state index contributed by atoms with van der Waals surface area (Å²) >= 11 is 0. The number of nitro groups is 1. The van der Waals surface area contributed by atoms with E-state index < -0.39 is 28.2 Å². The van der Waals surface area contributed by atoms with Gasteiger partial charge in [-0.25, -0.2) is 4.79 Å². The van der Waals surface area contributed by atoms with Gasteiger partial charge in [-0.2, -0.15) is 0 Å². The molecule has 1 heterocycles. The Morgan fingerprint density at radius 2 is 2.33 bits per heavy atom. The third-order valence-electron chi connectivity index (χ3n) is 1.52. The van der Waals surface area contributed by atoms with Crippen LogP contribution in [0.2, 0.25) is 0 Å². The van der Waals surface area contributed by atoms with E-state index >= 15 is 0 Å². The molecule has 0 bridgehead atoms. The summed E-state index contributed by atoms with van der Waals surface area (Å²) in [5.74, 6) is -1.85. The van der Waals surface area contributed by atoms with E-state index in [0.717, 1.165) is 12.1 Å². The highest BCUT2D eigenvalue weighted by Gasteiger charge is 2.22. The van der Waals surface area contributed by atoms with Crippen molar-refractivity contribution in [2.24, 2.45) is 0 Å². The third-order valence-corrected chi connectivity index (χ3v) is 1.52. The minimum atomic E-state index is -0.890. The Hall–Kier alpha value is -2.18. The molecule has 7 heteroatoms. The quantitative estimate of drug-likeness (QED) is 0.453. The van der Waals surface area contributed by atoms with Gasteiger partial charge in [0.25, 0.3) is 0 Å². The Morgan fingerprint density at radius 3 is 2.87 bits per heavy atom. The summed E-state index contributed by atoms with van der Waals surface area (Å²) in [6, 6.07) is 2.02. The minimum absolute atomic E-state index is 0.0998. The van der Waals surface area contributed by atoms with Gasteiger partial charge in [0.15, 0.2) is 5.75 Å². The summed E-state index contributed by atoms with van der Waals surface area (Å²) in [6.45, 7) is 1.68. The molecule has 0 spiro atoms. The van der Waals surface area contributed by atoms with Gasteiger partial charge in [-0.1, -0.05) is 0 Å². The lowest BCUT2D eigenvalue weighted by molar-refractivity contribution is -0.389. The molecule has 1 aromatic rings. The van der Waals surface area contributed by atoms with Crippen LogP contribution in [0.15, 0.2) is 12.1 Å². The number of rotatable bonds is 3. The lowest BCUT2D eigenvalue weighted by Crippen LogP contribution is -2.08. The number of esters is 1. The molecule has 15 heavy (non-hydrogen) atoms. The number of ether oxygens (including phenoxy) is 1. The predicted octanol–water partition coefficient (Wildman–Crippen LogP) is 0.872. The van der Waals surface area contributed by atoms with Gasteiger partial charge in [-0.15, -0.1) is 0 Å². The van der Waals surface area contributed by atoms with Crippen LogP contribution in [0.25, 0.3) is 0 Å². The Balaban J connectivity index is 3.10. The van der Waals surface area contributed by atoms with Crippen LogP contribution in [0.4, 0.5) is 5.82 Å². The zero-order valence-electron chi connectivity index (χ0n) is 7.84. The Bertz CT molecular complexity index is 404. The first-order chi connectivity index (χ1) is 7.06. The molecule has 1 rings (SSSR count). The van der Waals surface area contributed by atoms with E-state index in [2.05, 4.69) is 9.72 Å². The average molecular weight is 212 g/mol. The first-order valence-corrected chi connectivity index (χ1v) is 4.07. The summed E-state index contributed by atoms with van der Waals surface area (Å²) in [5.41, 5.74) is -0.453. The van der Waals surface area contributed by atoms with Crippen molar-refractivity contribution in [1.29, 1.82) is 0 Å². The van der Waals surface area contributed by atoms with Crippen LogP contribution in [0.5, 0.6) is 5.75 Å². The number of aromatic hydroxyl groups is 1. The SMILES string of the molecule is CCOC(=O)c1nc([N+](=O)[O-])ccc1O. The standard InChI is InChI=1S/C8H8N2O5/c1-2-15-8(12)7-5(11)3-4-6(9-7)10(13)14/h3-4,11H,2H2,1H3. The molecule has 0 aliphatic rings. The van der Waals surface area contributed by atoms with Gasteiger partial charge >= 0.3 is 17.5 Å². The van der Waals surface area contributed by atoms with Gasteiger partial charge in [0.1, 0.15) is 0 Å². The normalized spacial score (nSPS) is 9.67. The molecule has 0 amide bonds. The van der Waals surface area contributed by atoms with Gasteiger partial charge in [0.2, 0.25) is 0 Å². The highest BCUT2D eigenvalue weighted by Crippen LogP contribution is 2.19. The number of aromatic nitrogens is 1. The fourth-order valence-electron chi connectivity index (χ4n) is 0.893. The molecular formula is C8H8N2O5. The first-order valence-electron chi connectivity index (χ1n) is 4.07. The molecule has 0 aliphatic carbocycles. The number of carbonyl (C=O) groups excluding carboxylic acids is 1. The van der Waals surface area contributed by atoms with Gasteiger partial charge in [0.05, 0.1) is 6.61 Å². The summed E-state index contributed by atoms with van der Waals surface area (Å²) < 4.78 is 4.56. The molecule has 0 unspecified atom stereocenters. The fourth-order valence-corrected chi connectivity index (χ4v) is 0.893.